The maximum absolute atomic E-state index is 6.97. The highest BCUT2D eigenvalue weighted by atomic mass is 16.3. The molecule has 0 unspecified atom stereocenters. The van der Waals surface area contributed by atoms with Crippen molar-refractivity contribution in [3.63, 3.8) is 0 Å². The van der Waals surface area contributed by atoms with Gasteiger partial charge in [0.15, 0.2) is 5.58 Å². The van der Waals surface area contributed by atoms with E-state index in [1.165, 1.54) is 38.1 Å². The lowest BCUT2D eigenvalue weighted by atomic mass is 9.98. The van der Waals surface area contributed by atoms with Crippen molar-refractivity contribution in [1.82, 2.24) is 4.57 Å². The van der Waals surface area contributed by atoms with E-state index in [0.717, 1.165) is 72.0 Å². The summed E-state index contributed by atoms with van der Waals surface area (Å²) in [5.74, 6) is 0. The lowest BCUT2D eigenvalue weighted by Gasteiger charge is -2.10. The molecule has 0 aliphatic rings. The van der Waals surface area contributed by atoms with Crippen LogP contribution in [0.1, 0.15) is 16.7 Å². The zero-order chi connectivity index (χ0) is 40.2. The maximum atomic E-state index is 6.97. The van der Waals surface area contributed by atoms with Crippen molar-refractivity contribution in [2.75, 3.05) is 0 Å². The van der Waals surface area contributed by atoms with Gasteiger partial charge in [-0.05, 0) is 92.3 Å². The summed E-state index contributed by atoms with van der Waals surface area (Å²) in [6.45, 7) is 8.73. The van der Waals surface area contributed by atoms with Crippen molar-refractivity contribution >= 4 is 82.3 Å². The number of furan rings is 1. The summed E-state index contributed by atoms with van der Waals surface area (Å²) < 4.78 is 9.33. The molecule has 0 bridgehead atoms. The van der Waals surface area contributed by atoms with E-state index < -0.39 is 0 Å². The van der Waals surface area contributed by atoms with Crippen LogP contribution in [-0.2, 0) is 0 Å². The molecule has 0 radical (unpaired) electrons. The summed E-state index contributed by atoms with van der Waals surface area (Å²) in [4.78, 5) is 5.27. The van der Waals surface area contributed by atoms with Gasteiger partial charge < -0.3 is 8.98 Å². The second-order valence-corrected chi connectivity index (χ2v) is 15.3. The molecule has 11 aromatic rings. The van der Waals surface area contributed by atoms with E-state index in [1.54, 1.807) is 0 Å². The normalized spacial score (nSPS) is 12.3. The molecule has 60 heavy (non-hydrogen) atoms. The average molecular weight is 767 g/mol. The van der Waals surface area contributed by atoms with Gasteiger partial charge in [0.1, 0.15) is 5.58 Å². The van der Waals surface area contributed by atoms with E-state index >= 15 is 0 Å². The van der Waals surface area contributed by atoms with E-state index in [4.69, 9.17) is 9.41 Å². The number of aromatic nitrogens is 1. The van der Waals surface area contributed by atoms with E-state index in [2.05, 4.69) is 218 Å². The molecule has 2 heterocycles. The van der Waals surface area contributed by atoms with Crippen molar-refractivity contribution < 1.29 is 4.42 Å². The first kappa shape index (κ1) is 35.2. The van der Waals surface area contributed by atoms with Crippen molar-refractivity contribution in [2.45, 2.75) is 0 Å². The van der Waals surface area contributed by atoms with Crippen LogP contribution < -0.4 is 0 Å². The standard InChI is InChI=1S/C57H38N2O/c1-3-38(45-27-25-41-17-8-10-19-44(41)33-45)34-52(58-37(2)42-26-24-40-16-7-9-18-43(40)32-42)47-29-31-50-51-21-13-23-54(57(51)60-56(50)36-47)59-53-22-12-11-20-48(53)49-30-28-46(35-55(49)59)39-14-5-4-6-15-39/h3-36H,1-2H2/b38-34+,58-52+. The number of rotatable bonds is 8. The first-order chi connectivity index (χ1) is 29.6. The molecule has 0 amide bonds. The van der Waals surface area contributed by atoms with Crippen LogP contribution in [-0.4, -0.2) is 10.3 Å². The number of benzene rings is 9. The Morgan fingerprint density at radius 3 is 1.90 bits per heavy atom. The van der Waals surface area contributed by atoms with Gasteiger partial charge in [-0.2, -0.15) is 0 Å². The molecule has 9 aromatic carbocycles. The van der Waals surface area contributed by atoms with Crippen LogP contribution in [0.3, 0.4) is 0 Å². The van der Waals surface area contributed by atoms with E-state index in [-0.39, 0.29) is 0 Å². The number of para-hydroxylation sites is 2. The molecule has 282 valence electrons. The van der Waals surface area contributed by atoms with Gasteiger partial charge in [-0.3, -0.25) is 0 Å². The minimum Gasteiger partial charge on any atom is -0.454 e. The Morgan fingerprint density at radius 1 is 0.483 bits per heavy atom. The fourth-order valence-corrected chi connectivity index (χ4v) is 8.69. The van der Waals surface area contributed by atoms with E-state index in [1.807, 2.05) is 6.08 Å². The molecule has 0 atom stereocenters. The van der Waals surface area contributed by atoms with Gasteiger partial charge >= 0.3 is 0 Å². The van der Waals surface area contributed by atoms with Crippen LogP contribution in [0.5, 0.6) is 0 Å². The number of fused-ring (bicyclic) bond motifs is 8. The first-order valence-corrected chi connectivity index (χ1v) is 20.2. The fraction of sp³-hybridized carbons (Fsp3) is 0. The lowest BCUT2D eigenvalue weighted by molar-refractivity contribution is 0.666. The minimum atomic E-state index is 0.669. The first-order valence-electron chi connectivity index (χ1n) is 20.2. The second-order valence-electron chi connectivity index (χ2n) is 15.3. The number of hydrogen-bond acceptors (Lipinski definition) is 2. The average Bonchev–Trinajstić information content (AvgIpc) is 3.85. The molecular formula is C57H38N2O. The molecule has 11 rings (SSSR count). The number of aliphatic imine (C=N–C) groups is 1. The van der Waals surface area contributed by atoms with Crippen LogP contribution in [0.4, 0.5) is 0 Å². The molecule has 2 aromatic heterocycles. The Morgan fingerprint density at radius 2 is 1.12 bits per heavy atom. The van der Waals surface area contributed by atoms with Crippen LogP contribution in [0.15, 0.2) is 229 Å². The predicted octanol–water partition coefficient (Wildman–Crippen LogP) is 15.4. The number of hydrogen-bond donors (Lipinski definition) is 0. The highest BCUT2D eigenvalue weighted by Crippen LogP contribution is 2.40. The summed E-state index contributed by atoms with van der Waals surface area (Å²) in [6.07, 6.45) is 4.01. The highest BCUT2D eigenvalue weighted by Gasteiger charge is 2.19. The van der Waals surface area contributed by atoms with Crippen LogP contribution in [0.2, 0.25) is 0 Å². The number of allylic oxidation sites excluding steroid dienone is 3. The molecule has 0 aliphatic heterocycles. The molecule has 0 aliphatic carbocycles. The Hall–Kier alpha value is -8.01. The van der Waals surface area contributed by atoms with Crippen LogP contribution in [0, 0.1) is 0 Å². The van der Waals surface area contributed by atoms with Gasteiger partial charge in [0.05, 0.1) is 28.1 Å². The summed E-state index contributed by atoms with van der Waals surface area (Å²) in [7, 11) is 0. The van der Waals surface area contributed by atoms with Crippen molar-refractivity contribution in [3.05, 3.63) is 236 Å². The van der Waals surface area contributed by atoms with Crippen LogP contribution >= 0.6 is 0 Å². The molecule has 0 N–H and O–H groups in total. The van der Waals surface area contributed by atoms with Gasteiger partial charge in [-0.25, -0.2) is 4.99 Å². The molecule has 3 heteroatoms. The quantitative estimate of drug-likeness (QED) is 0.112. The van der Waals surface area contributed by atoms with E-state index in [0.29, 0.717) is 5.70 Å². The van der Waals surface area contributed by atoms with Crippen molar-refractivity contribution in [1.29, 1.82) is 0 Å². The molecule has 0 spiro atoms. The summed E-state index contributed by atoms with van der Waals surface area (Å²) in [5.41, 5.74) is 12.5. The number of nitrogens with zero attached hydrogens (tertiary/aromatic N) is 2. The zero-order valence-electron chi connectivity index (χ0n) is 32.8. The summed E-state index contributed by atoms with van der Waals surface area (Å²) in [6, 6.07) is 68.5. The van der Waals surface area contributed by atoms with Gasteiger partial charge in [0.2, 0.25) is 0 Å². The van der Waals surface area contributed by atoms with Crippen molar-refractivity contribution in [2.24, 2.45) is 4.99 Å². The second kappa shape index (κ2) is 14.4. The third-order valence-electron chi connectivity index (χ3n) is 11.7. The molecule has 0 saturated heterocycles. The predicted molar refractivity (Wildman–Crippen MR) is 255 cm³/mol. The largest absolute Gasteiger partial charge is 0.454 e. The molecular weight excluding hydrogens is 729 g/mol. The van der Waals surface area contributed by atoms with Gasteiger partial charge in [-0.15, -0.1) is 0 Å². The third-order valence-corrected chi connectivity index (χ3v) is 11.7. The smallest absolute Gasteiger partial charge is 0.159 e. The molecule has 0 fully saturated rings. The van der Waals surface area contributed by atoms with Gasteiger partial charge in [-0.1, -0.05) is 171 Å². The SMILES string of the molecule is C=C/C(=C\C(=N/C(=C)c1ccc2ccccc2c1)c1ccc2c(c1)oc1c(-n3c4ccccc4c4ccc(-c5ccccc5)cc43)cccc12)c1ccc2ccccc2c1. The summed E-state index contributed by atoms with van der Waals surface area (Å²) in [5, 5.41) is 9.17. The Kier molecular flexibility index (Phi) is 8.46. The molecule has 0 saturated carbocycles. The minimum absolute atomic E-state index is 0.669. The van der Waals surface area contributed by atoms with E-state index in [9.17, 15) is 0 Å². The Balaban J connectivity index is 1.08. The Labute approximate surface area is 347 Å². The summed E-state index contributed by atoms with van der Waals surface area (Å²) >= 11 is 0. The molecule has 3 nitrogen and oxygen atoms in total. The lowest BCUT2D eigenvalue weighted by Crippen LogP contribution is -1.99. The third kappa shape index (κ3) is 6.04. The maximum Gasteiger partial charge on any atom is 0.159 e. The van der Waals surface area contributed by atoms with Crippen LogP contribution in [0.25, 0.3) is 93.4 Å². The topological polar surface area (TPSA) is 30.4 Å². The Bertz CT molecular complexity index is 3580. The van der Waals surface area contributed by atoms with Gasteiger partial charge in [0.25, 0.3) is 0 Å². The van der Waals surface area contributed by atoms with Gasteiger partial charge in [0, 0.05) is 32.7 Å². The van der Waals surface area contributed by atoms with Crippen molar-refractivity contribution in [3.8, 4) is 16.8 Å². The monoisotopic (exact) mass is 766 g/mol. The zero-order valence-corrected chi connectivity index (χ0v) is 32.8. The fourth-order valence-electron chi connectivity index (χ4n) is 8.69. The highest BCUT2D eigenvalue weighted by molar-refractivity contribution is 6.18.